The van der Waals surface area contributed by atoms with Crippen LogP contribution in [0.15, 0.2) is 97.7 Å². The molecule has 2 aromatic heterocycles. The van der Waals surface area contributed by atoms with Gasteiger partial charge in [-0.2, -0.15) is 0 Å². The number of hydrogen-bond acceptors (Lipinski definition) is 4. The molecule has 0 amide bonds. The summed E-state index contributed by atoms with van der Waals surface area (Å²) in [6.07, 6.45) is 25.7. The van der Waals surface area contributed by atoms with Gasteiger partial charge in [0.05, 0.1) is 12.2 Å². The zero-order valence-electron chi connectivity index (χ0n) is 15.7. The third-order valence-electron chi connectivity index (χ3n) is 5.93. The molecule has 1 saturated heterocycles. The highest BCUT2D eigenvalue weighted by molar-refractivity contribution is 5.30. The predicted molar refractivity (Wildman–Crippen MR) is 111 cm³/mol. The summed E-state index contributed by atoms with van der Waals surface area (Å²) < 4.78 is 0. The van der Waals surface area contributed by atoms with Crippen LogP contribution in [0.2, 0.25) is 0 Å². The van der Waals surface area contributed by atoms with Crippen LogP contribution in [0.5, 0.6) is 0 Å². The molecule has 3 unspecified atom stereocenters. The number of nitrogens with zero attached hydrogens (tertiary/aromatic N) is 3. The molecule has 2 aromatic rings. The van der Waals surface area contributed by atoms with Crippen molar-refractivity contribution in [3.63, 3.8) is 0 Å². The smallest absolute Gasteiger partial charge is 0.0709 e. The molecule has 3 heterocycles. The normalized spacial score (nSPS) is 27.4. The van der Waals surface area contributed by atoms with E-state index in [1.807, 2.05) is 24.8 Å². The van der Waals surface area contributed by atoms with Gasteiger partial charge in [-0.25, -0.2) is 0 Å². The van der Waals surface area contributed by atoms with Gasteiger partial charge in [-0.3, -0.25) is 20.2 Å². The van der Waals surface area contributed by atoms with E-state index < -0.39 is 0 Å². The number of rotatable bonds is 5. The second-order valence-electron chi connectivity index (χ2n) is 7.58. The monoisotopic (exact) mass is 368 g/mol. The molecule has 3 aliphatic rings. The molecule has 0 aromatic carbocycles. The molecule has 28 heavy (non-hydrogen) atoms. The Labute approximate surface area is 166 Å². The molecule has 2 aliphatic carbocycles. The van der Waals surface area contributed by atoms with Gasteiger partial charge in [-0.15, -0.1) is 0 Å². The lowest BCUT2D eigenvalue weighted by molar-refractivity contribution is 0.142. The van der Waals surface area contributed by atoms with E-state index in [0.29, 0.717) is 17.9 Å². The Balaban J connectivity index is 1.55. The quantitative estimate of drug-likeness (QED) is 0.872. The number of pyridine rings is 2. The van der Waals surface area contributed by atoms with Gasteiger partial charge in [-0.1, -0.05) is 48.6 Å². The van der Waals surface area contributed by atoms with E-state index in [2.05, 4.69) is 93.1 Å². The Morgan fingerprint density at radius 2 is 1.32 bits per heavy atom. The van der Waals surface area contributed by atoms with E-state index in [1.54, 1.807) is 0 Å². The summed E-state index contributed by atoms with van der Waals surface area (Å²) in [7, 11) is 0. The lowest BCUT2D eigenvalue weighted by Crippen LogP contribution is -2.44. The lowest BCUT2D eigenvalue weighted by atomic mass is 9.90. The number of allylic oxidation sites excluding steroid dienone is 4. The first kappa shape index (κ1) is 17.3. The Hall–Kier alpha value is -2.82. The van der Waals surface area contributed by atoms with Crippen molar-refractivity contribution in [1.29, 1.82) is 0 Å². The average molecular weight is 368 g/mol. The summed E-state index contributed by atoms with van der Waals surface area (Å²) in [5.74, 6) is 0.748. The second kappa shape index (κ2) is 7.66. The van der Waals surface area contributed by atoms with Crippen LogP contribution >= 0.6 is 0 Å². The molecule has 1 N–H and O–H groups in total. The van der Waals surface area contributed by atoms with E-state index in [0.717, 1.165) is 6.54 Å². The fourth-order valence-corrected chi connectivity index (χ4v) is 4.63. The standard InChI is InChI=1S/C24H24N4/c1-2-6-20(5-1)23-22(19-11-15-26-16-12-19)27-24(21-7-3-4-8-21)28(23)17-18-9-13-25-14-10-18/h1-16,20-24,27H,17H2. The SMILES string of the molecule is C1=CC(C2NC(c3ccncc3)C(C3C=CC=C3)N2Cc2ccncc2)C=C1. The summed E-state index contributed by atoms with van der Waals surface area (Å²) in [5.41, 5.74) is 2.58. The Kier molecular flexibility index (Phi) is 4.73. The van der Waals surface area contributed by atoms with Crippen molar-refractivity contribution >= 4 is 0 Å². The van der Waals surface area contributed by atoms with Gasteiger partial charge < -0.3 is 0 Å². The first-order valence-electron chi connectivity index (χ1n) is 9.91. The molecule has 3 atom stereocenters. The first-order chi connectivity index (χ1) is 13.9. The maximum absolute atomic E-state index is 4.22. The Morgan fingerprint density at radius 1 is 0.750 bits per heavy atom. The fraction of sp³-hybridized carbons (Fsp3) is 0.250. The van der Waals surface area contributed by atoms with Gasteiger partial charge in [0, 0.05) is 49.2 Å². The Morgan fingerprint density at radius 3 is 1.96 bits per heavy atom. The van der Waals surface area contributed by atoms with Gasteiger partial charge >= 0.3 is 0 Å². The summed E-state index contributed by atoms with van der Waals surface area (Å²) in [5, 5.41) is 3.96. The van der Waals surface area contributed by atoms with E-state index in [-0.39, 0.29) is 12.2 Å². The zero-order chi connectivity index (χ0) is 18.8. The minimum absolute atomic E-state index is 0.244. The van der Waals surface area contributed by atoms with E-state index >= 15 is 0 Å². The molecule has 0 bridgehead atoms. The van der Waals surface area contributed by atoms with E-state index in [9.17, 15) is 0 Å². The van der Waals surface area contributed by atoms with Crippen LogP contribution in [0.4, 0.5) is 0 Å². The van der Waals surface area contributed by atoms with Crippen LogP contribution in [-0.4, -0.2) is 27.1 Å². The Bertz CT molecular complexity index is 892. The molecular formula is C24H24N4. The molecule has 5 rings (SSSR count). The second-order valence-corrected chi connectivity index (χ2v) is 7.58. The third kappa shape index (κ3) is 3.26. The van der Waals surface area contributed by atoms with Crippen molar-refractivity contribution in [3.05, 3.63) is 109 Å². The van der Waals surface area contributed by atoms with Gasteiger partial charge in [0.25, 0.3) is 0 Å². The highest BCUT2D eigenvalue weighted by atomic mass is 15.4. The highest BCUT2D eigenvalue weighted by Gasteiger charge is 2.46. The van der Waals surface area contributed by atoms with Crippen molar-refractivity contribution in [2.45, 2.75) is 24.8 Å². The van der Waals surface area contributed by atoms with Crippen LogP contribution in [0.3, 0.4) is 0 Å². The predicted octanol–water partition coefficient (Wildman–Crippen LogP) is 3.80. The maximum atomic E-state index is 4.22. The van der Waals surface area contributed by atoms with Crippen molar-refractivity contribution in [2.75, 3.05) is 0 Å². The number of nitrogens with one attached hydrogen (secondary N) is 1. The molecule has 4 heteroatoms. The van der Waals surface area contributed by atoms with Gasteiger partial charge in [0.2, 0.25) is 0 Å². The molecule has 1 fully saturated rings. The van der Waals surface area contributed by atoms with Crippen LogP contribution in [0, 0.1) is 11.8 Å². The van der Waals surface area contributed by atoms with Crippen molar-refractivity contribution in [3.8, 4) is 0 Å². The maximum Gasteiger partial charge on any atom is 0.0709 e. The minimum Gasteiger partial charge on any atom is -0.292 e. The summed E-state index contributed by atoms with van der Waals surface area (Å²) >= 11 is 0. The van der Waals surface area contributed by atoms with Crippen molar-refractivity contribution < 1.29 is 0 Å². The molecule has 4 nitrogen and oxygen atoms in total. The molecule has 0 radical (unpaired) electrons. The summed E-state index contributed by atoms with van der Waals surface area (Å²) in [4.78, 5) is 11.0. The first-order valence-corrected chi connectivity index (χ1v) is 9.91. The number of aromatic nitrogens is 2. The third-order valence-corrected chi connectivity index (χ3v) is 5.93. The molecule has 140 valence electrons. The van der Waals surface area contributed by atoms with Crippen LogP contribution in [0.25, 0.3) is 0 Å². The van der Waals surface area contributed by atoms with Crippen LogP contribution < -0.4 is 5.32 Å². The van der Waals surface area contributed by atoms with Crippen molar-refractivity contribution in [1.82, 2.24) is 20.2 Å². The van der Waals surface area contributed by atoms with Gasteiger partial charge in [0.15, 0.2) is 0 Å². The largest absolute Gasteiger partial charge is 0.292 e. The molecule has 0 spiro atoms. The minimum atomic E-state index is 0.244. The van der Waals surface area contributed by atoms with Crippen LogP contribution in [0.1, 0.15) is 17.2 Å². The van der Waals surface area contributed by atoms with Gasteiger partial charge in [-0.05, 0) is 35.4 Å². The summed E-state index contributed by atoms with van der Waals surface area (Å²) in [6.45, 7) is 0.892. The zero-order valence-corrected chi connectivity index (χ0v) is 15.7. The average Bonchev–Trinajstić information content (AvgIpc) is 3.50. The van der Waals surface area contributed by atoms with E-state index in [4.69, 9.17) is 0 Å². The molecule has 0 saturated carbocycles. The highest BCUT2D eigenvalue weighted by Crippen LogP contribution is 2.40. The molecular weight excluding hydrogens is 344 g/mol. The number of hydrogen-bond donors (Lipinski definition) is 1. The summed E-state index contributed by atoms with van der Waals surface area (Å²) in [6, 6.07) is 9.09. The van der Waals surface area contributed by atoms with Gasteiger partial charge in [0.1, 0.15) is 0 Å². The topological polar surface area (TPSA) is 41.1 Å². The molecule has 1 aliphatic heterocycles. The van der Waals surface area contributed by atoms with E-state index in [1.165, 1.54) is 11.1 Å². The van der Waals surface area contributed by atoms with Crippen LogP contribution in [-0.2, 0) is 6.54 Å². The van der Waals surface area contributed by atoms with Crippen molar-refractivity contribution in [2.24, 2.45) is 11.8 Å². The fourth-order valence-electron chi connectivity index (χ4n) is 4.63. The lowest BCUT2D eigenvalue weighted by Gasteiger charge is -2.34.